The van der Waals surface area contributed by atoms with Crippen LogP contribution >= 0.6 is 0 Å². The molecule has 3 aromatic rings. The summed E-state index contributed by atoms with van der Waals surface area (Å²) in [5.74, 6) is 1.55. The number of methoxy groups -OCH3 is 3. The maximum atomic E-state index is 13.4. The van der Waals surface area contributed by atoms with Gasteiger partial charge in [0.2, 0.25) is 5.91 Å². The van der Waals surface area contributed by atoms with Crippen molar-refractivity contribution in [1.82, 2.24) is 9.80 Å². The number of hydrogen-bond acceptors (Lipinski definition) is 6. The van der Waals surface area contributed by atoms with E-state index >= 15 is 0 Å². The van der Waals surface area contributed by atoms with Crippen LogP contribution in [-0.2, 0) is 22.5 Å². The minimum absolute atomic E-state index is 0.119. The van der Waals surface area contributed by atoms with E-state index < -0.39 is 6.03 Å². The molecule has 3 amide bonds. The first-order chi connectivity index (χ1) is 17.5. The highest BCUT2D eigenvalue weighted by Crippen LogP contribution is 2.26. The van der Waals surface area contributed by atoms with Crippen LogP contribution in [0, 0.1) is 0 Å². The molecule has 0 saturated heterocycles. The van der Waals surface area contributed by atoms with Gasteiger partial charge in [-0.3, -0.25) is 4.79 Å². The fraction of sp³-hybridized carbons (Fsp3) is 0.333. The van der Waals surface area contributed by atoms with E-state index in [9.17, 15) is 9.59 Å². The Balaban J connectivity index is 1.73. The molecule has 9 heteroatoms. The van der Waals surface area contributed by atoms with E-state index in [4.69, 9.17) is 18.6 Å². The monoisotopic (exact) mass is 495 g/mol. The second kappa shape index (κ2) is 13.8. The lowest BCUT2D eigenvalue weighted by Crippen LogP contribution is -2.46. The van der Waals surface area contributed by atoms with E-state index in [1.807, 2.05) is 36.4 Å². The number of nitrogens with one attached hydrogen (secondary N) is 1. The number of furan rings is 1. The molecule has 192 valence electrons. The Bertz CT molecular complexity index is 1070. The Morgan fingerprint density at radius 2 is 1.61 bits per heavy atom. The van der Waals surface area contributed by atoms with Gasteiger partial charge in [0.15, 0.2) is 0 Å². The largest absolute Gasteiger partial charge is 0.497 e. The third kappa shape index (κ3) is 8.06. The Hall–Kier alpha value is -3.98. The number of nitrogens with zero attached hydrogens (tertiary/aromatic N) is 2. The molecule has 36 heavy (non-hydrogen) atoms. The molecule has 0 atom stereocenters. The van der Waals surface area contributed by atoms with Crippen LogP contribution in [0.1, 0.15) is 11.3 Å². The van der Waals surface area contributed by atoms with Crippen LogP contribution in [0.5, 0.6) is 11.5 Å². The zero-order valence-corrected chi connectivity index (χ0v) is 20.9. The summed E-state index contributed by atoms with van der Waals surface area (Å²) in [6.45, 7) is 1.19. The smallest absolute Gasteiger partial charge is 0.322 e. The lowest BCUT2D eigenvalue weighted by atomic mass is 10.1. The fourth-order valence-corrected chi connectivity index (χ4v) is 3.59. The van der Waals surface area contributed by atoms with Crippen molar-refractivity contribution in [2.24, 2.45) is 0 Å². The lowest BCUT2D eigenvalue weighted by Gasteiger charge is -2.27. The van der Waals surface area contributed by atoms with Gasteiger partial charge in [-0.2, -0.15) is 0 Å². The van der Waals surface area contributed by atoms with Crippen LogP contribution in [0.3, 0.4) is 0 Å². The molecule has 0 bridgehead atoms. The lowest BCUT2D eigenvalue weighted by molar-refractivity contribution is -0.132. The van der Waals surface area contributed by atoms with Gasteiger partial charge in [0.1, 0.15) is 23.8 Å². The van der Waals surface area contributed by atoms with Crippen molar-refractivity contribution >= 4 is 17.6 Å². The number of carbonyl (C=O) groups is 2. The van der Waals surface area contributed by atoms with Crippen LogP contribution in [0.15, 0.2) is 71.3 Å². The molecule has 0 aliphatic rings. The summed E-state index contributed by atoms with van der Waals surface area (Å²) in [5, 5.41) is 2.83. The third-order valence-electron chi connectivity index (χ3n) is 5.57. The van der Waals surface area contributed by atoms with Crippen molar-refractivity contribution in [1.29, 1.82) is 0 Å². The van der Waals surface area contributed by atoms with E-state index in [0.29, 0.717) is 42.5 Å². The topological polar surface area (TPSA) is 93.5 Å². The molecule has 0 aliphatic heterocycles. The average molecular weight is 496 g/mol. The van der Waals surface area contributed by atoms with Crippen molar-refractivity contribution in [3.63, 3.8) is 0 Å². The third-order valence-corrected chi connectivity index (χ3v) is 5.57. The number of benzene rings is 2. The molecular formula is C27H33N3O6. The van der Waals surface area contributed by atoms with Crippen molar-refractivity contribution in [2.45, 2.75) is 13.0 Å². The summed E-state index contributed by atoms with van der Waals surface area (Å²) in [5.41, 5.74) is 1.61. The van der Waals surface area contributed by atoms with Crippen LogP contribution < -0.4 is 14.8 Å². The summed E-state index contributed by atoms with van der Waals surface area (Å²) in [6.07, 6.45) is 2.26. The number of urea groups is 1. The molecular weight excluding hydrogens is 462 g/mol. The number of amides is 3. The molecule has 3 rings (SSSR count). The summed E-state index contributed by atoms with van der Waals surface area (Å²) in [4.78, 5) is 29.7. The second-order valence-corrected chi connectivity index (χ2v) is 8.08. The van der Waals surface area contributed by atoms with Gasteiger partial charge >= 0.3 is 6.03 Å². The van der Waals surface area contributed by atoms with Crippen molar-refractivity contribution in [2.75, 3.05) is 52.9 Å². The molecule has 9 nitrogen and oxygen atoms in total. The van der Waals surface area contributed by atoms with Gasteiger partial charge in [0, 0.05) is 44.1 Å². The molecule has 1 N–H and O–H groups in total. The standard InChI is InChI=1S/C27H33N3O6/c1-33-15-13-30(27(32)28-22-16-24(34-2)18-25(17-22)35-3)20-26(31)29(19-23-10-7-14-36-23)12-11-21-8-5-4-6-9-21/h4-10,14,16-18H,11-13,15,19-20H2,1-3H3,(H,28,32). The predicted molar refractivity (Wildman–Crippen MR) is 136 cm³/mol. The molecule has 0 unspecified atom stereocenters. The molecule has 1 aromatic heterocycles. The minimum atomic E-state index is -0.434. The molecule has 0 saturated carbocycles. The Morgan fingerprint density at radius 3 is 2.22 bits per heavy atom. The van der Waals surface area contributed by atoms with E-state index in [1.165, 1.54) is 19.1 Å². The van der Waals surface area contributed by atoms with Gasteiger partial charge in [0.05, 0.1) is 33.6 Å². The zero-order valence-electron chi connectivity index (χ0n) is 20.9. The van der Waals surface area contributed by atoms with Gasteiger partial charge in [-0.25, -0.2) is 4.79 Å². The molecule has 0 spiro atoms. The highest BCUT2D eigenvalue weighted by atomic mass is 16.5. The predicted octanol–water partition coefficient (Wildman–Crippen LogP) is 4.05. The maximum absolute atomic E-state index is 13.4. The van der Waals surface area contributed by atoms with E-state index in [1.54, 1.807) is 42.5 Å². The summed E-state index contributed by atoms with van der Waals surface area (Å²) < 4.78 is 21.2. The van der Waals surface area contributed by atoms with Gasteiger partial charge in [0.25, 0.3) is 0 Å². The van der Waals surface area contributed by atoms with Gasteiger partial charge in [-0.15, -0.1) is 0 Å². The van der Waals surface area contributed by atoms with E-state index in [0.717, 1.165) is 5.56 Å². The maximum Gasteiger partial charge on any atom is 0.322 e. The first kappa shape index (κ1) is 26.6. The summed E-state index contributed by atoms with van der Waals surface area (Å²) in [6, 6.07) is 18.2. The van der Waals surface area contributed by atoms with Crippen molar-refractivity contribution in [3.8, 4) is 11.5 Å². The average Bonchev–Trinajstić information content (AvgIpc) is 3.42. The minimum Gasteiger partial charge on any atom is -0.497 e. The fourth-order valence-electron chi connectivity index (χ4n) is 3.59. The molecule has 0 fully saturated rings. The molecule has 0 aliphatic carbocycles. The van der Waals surface area contributed by atoms with Crippen LogP contribution in [0.25, 0.3) is 0 Å². The molecule has 1 heterocycles. The van der Waals surface area contributed by atoms with Gasteiger partial charge < -0.3 is 33.7 Å². The molecule has 2 aromatic carbocycles. The normalized spacial score (nSPS) is 10.5. The van der Waals surface area contributed by atoms with Gasteiger partial charge in [-0.1, -0.05) is 30.3 Å². The van der Waals surface area contributed by atoms with Crippen LogP contribution in [-0.4, -0.2) is 69.3 Å². The SMILES string of the molecule is COCCN(CC(=O)N(CCc1ccccc1)Cc1ccco1)C(=O)Nc1cc(OC)cc(OC)c1. The number of anilines is 1. The number of carbonyl (C=O) groups excluding carboxylic acids is 2. The van der Waals surface area contributed by atoms with E-state index in [2.05, 4.69) is 5.32 Å². The number of ether oxygens (including phenoxy) is 3. The highest BCUT2D eigenvalue weighted by Gasteiger charge is 2.22. The highest BCUT2D eigenvalue weighted by molar-refractivity contribution is 5.92. The van der Waals surface area contributed by atoms with Crippen LogP contribution in [0.2, 0.25) is 0 Å². The molecule has 0 radical (unpaired) electrons. The Labute approximate surface area is 211 Å². The summed E-state index contributed by atoms with van der Waals surface area (Å²) >= 11 is 0. The quantitative estimate of drug-likeness (QED) is 0.385. The second-order valence-electron chi connectivity index (χ2n) is 8.08. The zero-order chi connectivity index (χ0) is 25.8. The Morgan fingerprint density at radius 1 is 0.889 bits per heavy atom. The van der Waals surface area contributed by atoms with Gasteiger partial charge in [-0.05, 0) is 24.1 Å². The van der Waals surface area contributed by atoms with Crippen molar-refractivity contribution < 1.29 is 28.2 Å². The Kier molecular flexibility index (Phi) is 10.2. The first-order valence-electron chi connectivity index (χ1n) is 11.6. The van der Waals surface area contributed by atoms with Crippen molar-refractivity contribution in [3.05, 3.63) is 78.3 Å². The van der Waals surface area contributed by atoms with E-state index in [-0.39, 0.29) is 25.6 Å². The number of rotatable bonds is 13. The summed E-state index contributed by atoms with van der Waals surface area (Å²) in [7, 11) is 4.62. The first-order valence-corrected chi connectivity index (χ1v) is 11.6. The number of hydrogen-bond donors (Lipinski definition) is 1. The van der Waals surface area contributed by atoms with Crippen LogP contribution in [0.4, 0.5) is 10.5 Å².